The summed E-state index contributed by atoms with van der Waals surface area (Å²) in [6, 6.07) is 5.26. The second kappa shape index (κ2) is 6.76. The standard InChI is InChI=1S/C14H17ClINO3/c1-8(2)14(3,13(19)20)7-12(18)17-11-5-4-9(16)6-10(11)15/h4-6,8H,7H2,1-3H3,(H,17,18)(H,19,20). The van der Waals surface area contributed by atoms with Gasteiger partial charge in [-0.1, -0.05) is 25.4 Å². The molecule has 1 aromatic carbocycles. The van der Waals surface area contributed by atoms with Crippen LogP contribution in [0.15, 0.2) is 18.2 Å². The third-order valence-electron chi connectivity index (χ3n) is 3.50. The molecule has 0 saturated heterocycles. The van der Waals surface area contributed by atoms with Crippen LogP contribution in [0.1, 0.15) is 27.2 Å². The number of anilines is 1. The molecule has 4 nitrogen and oxygen atoms in total. The highest BCUT2D eigenvalue weighted by molar-refractivity contribution is 14.1. The summed E-state index contributed by atoms with van der Waals surface area (Å²) in [6.07, 6.45) is -0.0949. The molecule has 1 unspecified atom stereocenters. The van der Waals surface area contributed by atoms with E-state index in [0.29, 0.717) is 10.7 Å². The van der Waals surface area contributed by atoms with E-state index < -0.39 is 11.4 Å². The summed E-state index contributed by atoms with van der Waals surface area (Å²) in [5.74, 6) is -1.49. The van der Waals surface area contributed by atoms with Crippen LogP contribution in [-0.2, 0) is 9.59 Å². The van der Waals surface area contributed by atoms with Gasteiger partial charge in [-0.2, -0.15) is 0 Å². The van der Waals surface area contributed by atoms with E-state index in [0.717, 1.165) is 3.57 Å². The Balaban J connectivity index is 2.84. The van der Waals surface area contributed by atoms with Crippen molar-refractivity contribution in [3.05, 3.63) is 26.8 Å². The highest BCUT2D eigenvalue weighted by atomic mass is 127. The average Bonchev–Trinajstić information content (AvgIpc) is 2.32. The van der Waals surface area contributed by atoms with Crippen LogP contribution in [0.5, 0.6) is 0 Å². The second-order valence-electron chi connectivity index (χ2n) is 5.23. The lowest BCUT2D eigenvalue weighted by molar-refractivity contribution is -0.153. The van der Waals surface area contributed by atoms with E-state index in [1.807, 2.05) is 6.07 Å². The quantitative estimate of drug-likeness (QED) is 0.722. The molecule has 20 heavy (non-hydrogen) atoms. The number of nitrogens with one attached hydrogen (secondary N) is 1. The van der Waals surface area contributed by atoms with Gasteiger partial charge in [0.1, 0.15) is 0 Å². The molecule has 110 valence electrons. The molecule has 0 bridgehead atoms. The van der Waals surface area contributed by atoms with Crippen molar-refractivity contribution in [1.82, 2.24) is 0 Å². The first-order chi connectivity index (χ1) is 9.16. The van der Waals surface area contributed by atoms with E-state index in [4.69, 9.17) is 11.6 Å². The molecule has 0 fully saturated rings. The van der Waals surface area contributed by atoms with Crippen LogP contribution in [0.25, 0.3) is 0 Å². The lowest BCUT2D eigenvalue weighted by Crippen LogP contribution is -2.37. The van der Waals surface area contributed by atoms with Gasteiger partial charge in [-0.25, -0.2) is 0 Å². The normalized spacial score (nSPS) is 13.9. The Morgan fingerprint density at radius 2 is 2.05 bits per heavy atom. The maximum Gasteiger partial charge on any atom is 0.310 e. The third kappa shape index (κ3) is 4.09. The molecule has 6 heteroatoms. The van der Waals surface area contributed by atoms with Gasteiger partial charge in [0, 0.05) is 9.99 Å². The Morgan fingerprint density at radius 1 is 1.45 bits per heavy atom. The number of halogens is 2. The molecule has 1 atom stereocenters. The Bertz CT molecular complexity index is 533. The summed E-state index contributed by atoms with van der Waals surface area (Å²) in [7, 11) is 0. The van der Waals surface area contributed by atoms with Crippen LogP contribution in [-0.4, -0.2) is 17.0 Å². The summed E-state index contributed by atoms with van der Waals surface area (Å²) in [6.45, 7) is 5.16. The Morgan fingerprint density at radius 3 is 2.50 bits per heavy atom. The molecule has 0 spiro atoms. The number of carboxylic acids is 1. The van der Waals surface area contributed by atoms with Crippen molar-refractivity contribution < 1.29 is 14.7 Å². The van der Waals surface area contributed by atoms with E-state index in [1.54, 1.807) is 32.9 Å². The number of hydrogen-bond acceptors (Lipinski definition) is 2. The van der Waals surface area contributed by atoms with Crippen molar-refractivity contribution in [3.63, 3.8) is 0 Å². The van der Waals surface area contributed by atoms with E-state index in [1.165, 1.54) is 0 Å². The number of carbonyl (C=O) groups excluding carboxylic acids is 1. The Labute approximate surface area is 137 Å². The SMILES string of the molecule is CC(C)C(C)(CC(=O)Nc1ccc(I)cc1Cl)C(=O)O. The molecule has 0 aromatic heterocycles. The van der Waals surface area contributed by atoms with Crippen molar-refractivity contribution in [2.45, 2.75) is 27.2 Å². The zero-order valence-corrected chi connectivity index (χ0v) is 14.4. The Kier molecular flexibility index (Phi) is 5.82. The predicted octanol–water partition coefficient (Wildman–Crippen LogP) is 4.02. The molecule has 0 radical (unpaired) electrons. The molecule has 0 heterocycles. The zero-order valence-electron chi connectivity index (χ0n) is 11.5. The van der Waals surface area contributed by atoms with E-state index >= 15 is 0 Å². The number of aliphatic carboxylic acids is 1. The molecule has 2 N–H and O–H groups in total. The molecule has 1 amide bonds. The van der Waals surface area contributed by atoms with Crippen molar-refractivity contribution in [2.24, 2.45) is 11.3 Å². The van der Waals surface area contributed by atoms with Crippen molar-refractivity contribution in [1.29, 1.82) is 0 Å². The minimum absolute atomic E-state index is 0.0949. The van der Waals surface area contributed by atoms with Gasteiger partial charge in [-0.05, 0) is 53.6 Å². The summed E-state index contributed by atoms with van der Waals surface area (Å²) in [5, 5.41) is 12.4. The number of rotatable bonds is 5. The highest BCUT2D eigenvalue weighted by Crippen LogP contribution is 2.32. The van der Waals surface area contributed by atoms with Gasteiger partial charge in [0.25, 0.3) is 0 Å². The van der Waals surface area contributed by atoms with E-state index in [2.05, 4.69) is 27.9 Å². The fourth-order valence-corrected chi connectivity index (χ4v) is 2.55. The van der Waals surface area contributed by atoms with Gasteiger partial charge in [-0.3, -0.25) is 9.59 Å². The van der Waals surface area contributed by atoms with Crippen LogP contribution in [0.4, 0.5) is 5.69 Å². The van der Waals surface area contributed by atoms with Crippen LogP contribution in [0.3, 0.4) is 0 Å². The first-order valence-electron chi connectivity index (χ1n) is 6.15. The lowest BCUT2D eigenvalue weighted by Gasteiger charge is -2.28. The number of carbonyl (C=O) groups is 2. The van der Waals surface area contributed by atoms with Crippen LogP contribution < -0.4 is 5.32 Å². The molecule has 1 rings (SSSR count). The molecule has 0 aliphatic rings. The number of carboxylic acid groups (broad SMARTS) is 1. The Hall–Kier alpha value is -0.820. The fourth-order valence-electron chi connectivity index (χ4n) is 1.65. The second-order valence-corrected chi connectivity index (χ2v) is 6.88. The van der Waals surface area contributed by atoms with Gasteiger partial charge in [0.05, 0.1) is 16.1 Å². The number of benzene rings is 1. The molecule has 0 aliphatic carbocycles. The maximum atomic E-state index is 12.0. The van der Waals surface area contributed by atoms with Crippen molar-refractivity contribution in [2.75, 3.05) is 5.32 Å². The predicted molar refractivity (Wildman–Crippen MR) is 88.0 cm³/mol. The first-order valence-corrected chi connectivity index (χ1v) is 7.61. The first kappa shape index (κ1) is 17.2. The summed E-state index contributed by atoms with van der Waals surface area (Å²) >= 11 is 8.15. The van der Waals surface area contributed by atoms with E-state index in [9.17, 15) is 14.7 Å². The van der Waals surface area contributed by atoms with Gasteiger partial charge in [-0.15, -0.1) is 0 Å². The average molecular weight is 410 g/mol. The monoisotopic (exact) mass is 409 g/mol. The molecule has 0 aliphatic heterocycles. The zero-order chi connectivity index (χ0) is 15.5. The fraction of sp³-hybridized carbons (Fsp3) is 0.429. The van der Waals surface area contributed by atoms with E-state index in [-0.39, 0.29) is 18.2 Å². The van der Waals surface area contributed by atoms with Gasteiger partial charge >= 0.3 is 5.97 Å². The lowest BCUT2D eigenvalue weighted by atomic mass is 9.76. The summed E-state index contributed by atoms with van der Waals surface area (Å²) < 4.78 is 0.961. The summed E-state index contributed by atoms with van der Waals surface area (Å²) in [5.41, 5.74) is -0.603. The smallest absolute Gasteiger partial charge is 0.310 e. The van der Waals surface area contributed by atoms with Crippen LogP contribution in [0, 0.1) is 14.9 Å². The minimum atomic E-state index is -1.10. The molecular formula is C14H17ClINO3. The molecule has 0 saturated carbocycles. The topological polar surface area (TPSA) is 66.4 Å². The van der Waals surface area contributed by atoms with Crippen molar-refractivity contribution >= 4 is 51.8 Å². The molecular weight excluding hydrogens is 393 g/mol. The maximum absolute atomic E-state index is 12.0. The van der Waals surface area contributed by atoms with Gasteiger partial charge in [0.15, 0.2) is 0 Å². The molecule has 1 aromatic rings. The summed E-state index contributed by atoms with van der Waals surface area (Å²) in [4.78, 5) is 23.4. The van der Waals surface area contributed by atoms with Crippen LogP contribution >= 0.6 is 34.2 Å². The van der Waals surface area contributed by atoms with Gasteiger partial charge < -0.3 is 10.4 Å². The largest absolute Gasteiger partial charge is 0.481 e. The number of amides is 1. The number of hydrogen-bond donors (Lipinski definition) is 2. The van der Waals surface area contributed by atoms with Crippen molar-refractivity contribution in [3.8, 4) is 0 Å². The van der Waals surface area contributed by atoms with Gasteiger partial charge in [0.2, 0.25) is 5.91 Å². The minimum Gasteiger partial charge on any atom is -0.481 e. The highest BCUT2D eigenvalue weighted by Gasteiger charge is 2.38. The third-order valence-corrected chi connectivity index (χ3v) is 4.48. The van der Waals surface area contributed by atoms with Crippen LogP contribution in [0.2, 0.25) is 5.02 Å².